The molecule has 0 unspecified atom stereocenters. The molecule has 0 radical (unpaired) electrons. The molecule has 1 atom stereocenters. The molecule has 28 heavy (non-hydrogen) atoms. The van der Waals surface area contributed by atoms with Gasteiger partial charge in [-0.15, -0.1) is 0 Å². The first-order chi connectivity index (χ1) is 13.6. The maximum absolute atomic E-state index is 12.5. The summed E-state index contributed by atoms with van der Waals surface area (Å²) in [5.74, 6) is 1.53. The van der Waals surface area contributed by atoms with E-state index < -0.39 is 0 Å². The molecule has 1 N–H and O–H groups in total. The van der Waals surface area contributed by atoms with Crippen LogP contribution < -0.4 is 20.5 Å². The van der Waals surface area contributed by atoms with E-state index in [9.17, 15) is 4.79 Å². The molecule has 0 spiro atoms. The van der Waals surface area contributed by atoms with Crippen LogP contribution in [0.5, 0.6) is 5.75 Å². The topological polar surface area (TPSA) is 72.3 Å². The van der Waals surface area contributed by atoms with E-state index >= 15 is 0 Å². The zero-order chi connectivity index (χ0) is 19.5. The van der Waals surface area contributed by atoms with E-state index in [0.29, 0.717) is 11.6 Å². The van der Waals surface area contributed by atoms with E-state index in [0.717, 1.165) is 36.5 Å². The molecule has 1 aliphatic heterocycles. The quantitative estimate of drug-likeness (QED) is 0.737. The van der Waals surface area contributed by atoms with Crippen molar-refractivity contribution in [1.82, 2.24) is 14.5 Å². The summed E-state index contributed by atoms with van der Waals surface area (Å²) in [6, 6.07) is 13.5. The summed E-state index contributed by atoms with van der Waals surface area (Å²) < 4.78 is 6.82. The van der Waals surface area contributed by atoms with Gasteiger partial charge in [-0.1, -0.05) is 0 Å². The summed E-state index contributed by atoms with van der Waals surface area (Å²) in [5.41, 5.74) is 2.55. The van der Waals surface area contributed by atoms with E-state index in [1.165, 1.54) is 0 Å². The van der Waals surface area contributed by atoms with Crippen LogP contribution in [0, 0.1) is 0 Å². The van der Waals surface area contributed by atoms with Gasteiger partial charge in [0.2, 0.25) is 5.95 Å². The second-order valence-electron chi connectivity index (χ2n) is 6.88. The van der Waals surface area contributed by atoms with Gasteiger partial charge in [0, 0.05) is 55.9 Å². The average Bonchev–Trinajstić information content (AvgIpc) is 3.19. The molecular formula is C21H23N5O2. The standard InChI is InChI=1S/C21H23N5O2/c1-25-20(27)13-19(15-7-10-22-11-8-15)24-21(25)26-12-9-17(14-26)23-16-3-5-18(28-2)6-4-16/h3-8,10-11,13,17,23H,9,12,14H2,1-2H3/t17-/m0/s1. The number of hydrogen-bond acceptors (Lipinski definition) is 6. The Balaban J connectivity index is 1.53. The average molecular weight is 377 g/mol. The Bertz CT molecular complexity index is 1000. The zero-order valence-electron chi connectivity index (χ0n) is 16.0. The van der Waals surface area contributed by atoms with E-state index in [2.05, 4.69) is 15.2 Å². The molecule has 144 valence electrons. The fourth-order valence-electron chi connectivity index (χ4n) is 3.46. The van der Waals surface area contributed by atoms with Crippen molar-refractivity contribution in [3.63, 3.8) is 0 Å². The van der Waals surface area contributed by atoms with Gasteiger partial charge < -0.3 is 15.0 Å². The Morgan fingerprint density at radius 1 is 1.14 bits per heavy atom. The molecule has 1 fully saturated rings. The number of anilines is 2. The minimum absolute atomic E-state index is 0.0663. The van der Waals surface area contributed by atoms with Crippen LogP contribution in [0.1, 0.15) is 6.42 Å². The van der Waals surface area contributed by atoms with E-state index in [1.54, 1.807) is 37.2 Å². The Labute approximate surface area is 163 Å². The summed E-state index contributed by atoms with van der Waals surface area (Å²) in [5, 5.41) is 3.55. The molecule has 1 aromatic carbocycles. The van der Waals surface area contributed by atoms with E-state index in [1.807, 2.05) is 36.4 Å². The molecule has 0 amide bonds. The number of hydrogen-bond donors (Lipinski definition) is 1. The van der Waals surface area contributed by atoms with Crippen molar-refractivity contribution in [2.75, 3.05) is 30.4 Å². The highest BCUT2D eigenvalue weighted by atomic mass is 16.5. The molecule has 3 heterocycles. The number of pyridine rings is 1. The van der Waals surface area contributed by atoms with Crippen LogP contribution in [-0.4, -0.2) is 40.8 Å². The Hall–Kier alpha value is -3.35. The second-order valence-corrected chi connectivity index (χ2v) is 6.88. The Kier molecular flexibility index (Phi) is 4.97. The molecule has 1 aliphatic rings. The molecule has 0 bridgehead atoms. The molecular weight excluding hydrogens is 354 g/mol. The number of nitrogens with one attached hydrogen (secondary N) is 1. The van der Waals surface area contributed by atoms with Crippen LogP contribution in [0.4, 0.5) is 11.6 Å². The van der Waals surface area contributed by atoms with Crippen LogP contribution in [0.3, 0.4) is 0 Å². The first-order valence-electron chi connectivity index (χ1n) is 9.28. The number of rotatable bonds is 5. The largest absolute Gasteiger partial charge is 0.497 e. The van der Waals surface area contributed by atoms with Gasteiger partial charge in [-0.25, -0.2) is 4.98 Å². The van der Waals surface area contributed by atoms with Crippen molar-refractivity contribution in [2.24, 2.45) is 7.05 Å². The maximum atomic E-state index is 12.5. The molecule has 0 saturated carbocycles. The normalized spacial score (nSPS) is 16.2. The number of benzene rings is 1. The Morgan fingerprint density at radius 2 is 1.89 bits per heavy atom. The summed E-state index contributed by atoms with van der Waals surface area (Å²) in [7, 11) is 3.43. The number of aromatic nitrogens is 3. The second kappa shape index (κ2) is 7.72. The summed E-state index contributed by atoms with van der Waals surface area (Å²) in [6.07, 6.45) is 4.39. The van der Waals surface area contributed by atoms with Crippen molar-refractivity contribution < 1.29 is 4.74 Å². The van der Waals surface area contributed by atoms with Crippen molar-refractivity contribution in [3.05, 3.63) is 65.2 Å². The minimum Gasteiger partial charge on any atom is -0.497 e. The highest BCUT2D eigenvalue weighted by Gasteiger charge is 2.25. The van der Waals surface area contributed by atoms with Gasteiger partial charge in [0.05, 0.1) is 12.8 Å². The SMILES string of the molecule is COc1ccc(N[C@H]2CCN(c3nc(-c4ccncc4)cc(=O)n3C)C2)cc1. The maximum Gasteiger partial charge on any atom is 0.255 e. The highest BCUT2D eigenvalue weighted by molar-refractivity contribution is 5.59. The van der Waals surface area contributed by atoms with Gasteiger partial charge in [-0.05, 0) is 42.8 Å². The first-order valence-corrected chi connectivity index (χ1v) is 9.28. The van der Waals surface area contributed by atoms with Crippen molar-refractivity contribution in [2.45, 2.75) is 12.5 Å². The lowest BCUT2D eigenvalue weighted by molar-refractivity contribution is 0.415. The van der Waals surface area contributed by atoms with E-state index in [4.69, 9.17) is 9.72 Å². The summed E-state index contributed by atoms with van der Waals surface area (Å²) in [6.45, 7) is 1.63. The van der Waals surface area contributed by atoms with Gasteiger partial charge in [0.25, 0.3) is 5.56 Å². The number of ether oxygens (including phenoxy) is 1. The van der Waals surface area contributed by atoms with Crippen LogP contribution in [0.2, 0.25) is 0 Å². The minimum atomic E-state index is -0.0663. The van der Waals surface area contributed by atoms with Gasteiger partial charge in [0.15, 0.2) is 0 Å². The van der Waals surface area contributed by atoms with Crippen molar-refractivity contribution in [3.8, 4) is 17.0 Å². The first kappa shape index (κ1) is 18.0. The van der Waals surface area contributed by atoms with Crippen molar-refractivity contribution in [1.29, 1.82) is 0 Å². The molecule has 1 saturated heterocycles. The van der Waals surface area contributed by atoms with Crippen LogP contribution in [0.15, 0.2) is 59.7 Å². The molecule has 7 nitrogen and oxygen atoms in total. The molecule has 0 aliphatic carbocycles. The lowest BCUT2D eigenvalue weighted by Crippen LogP contribution is -2.32. The van der Waals surface area contributed by atoms with Crippen LogP contribution >= 0.6 is 0 Å². The monoisotopic (exact) mass is 377 g/mol. The molecule has 4 rings (SSSR count). The van der Waals surface area contributed by atoms with Crippen LogP contribution in [0.25, 0.3) is 11.3 Å². The lowest BCUT2D eigenvalue weighted by Gasteiger charge is -2.21. The third-order valence-electron chi connectivity index (χ3n) is 5.02. The number of methoxy groups -OCH3 is 1. The third kappa shape index (κ3) is 3.69. The van der Waals surface area contributed by atoms with Gasteiger partial charge in [-0.2, -0.15) is 0 Å². The lowest BCUT2D eigenvalue weighted by atomic mass is 10.2. The van der Waals surface area contributed by atoms with Gasteiger partial charge >= 0.3 is 0 Å². The fraction of sp³-hybridized carbons (Fsp3) is 0.286. The summed E-state index contributed by atoms with van der Waals surface area (Å²) in [4.78, 5) is 23.4. The van der Waals surface area contributed by atoms with Gasteiger partial charge in [-0.3, -0.25) is 14.3 Å². The predicted molar refractivity (Wildman–Crippen MR) is 110 cm³/mol. The van der Waals surface area contributed by atoms with Gasteiger partial charge in [0.1, 0.15) is 5.75 Å². The highest BCUT2D eigenvalue weighted by Crippen LogP contribution is 2.23. The molecule has 3 aromatic rings. The fourth-order valence-corrected chi connectivity index (χ4v) is 3.46. The van der Waals surface area contributed by atoms with E-state index in [-0.39, 0.29) is 11.6 Å². The smallest absolute Gasteiger partial charge is 0.255 e. The zero-order valence-corrected chi connectivity index (χ0v) is 16.0. The third-order valence-corrected chi connectivity index (χ3v) is 5.02. The van der Waals surface area contributed by atoms with Crippen molar-refractivity contribution >= 4 is 11.6 Å². The number of nitrogens with zero attached hydrogens (tertiary/aromatic N) is 4. The Morgan fingerprint density at radius 3 is 2.61 bits per heavy atom. The summed E-state index contributed by atoms with van der Waals surface area (Å²) >= 11 is 0. The molecule has 2 aromatic heterocycles. The predicted octanol–water partition coefficient (Wildman–Crippen LogP) is 2.54. The molecule has 7 heteroatoms. The van der Waals surface area contributed by atoms with Crippen LogP contribution in [-0.2, 0) is 7.05 Å².